The second-order valence-corrected chi connectivity index (χ2v) is 8.75. The maximum Gasteiger partial charge on any atom is 0.208 e. The monoisotopic (exact) mass is 390 g/mol. The Morgan fingerprint density at radius 2 is 1.36 bits per heavy atom. The van der Waals surface area contributed by atoms with Crippen molar-refractivity contribution in [3.05, 3.63) is 54.6 Å². The normalized spacial score (nSPS) is 18.6. The first kappa shape index (κ1) is 17.8. The SMILES string of the molecule is c1ccc(-c2ccc(-c3nnc(N4CCN(C5CCCC5)CC4)s3)cc2)cc1. The van der Waals surface area contributed by atoms with Crippen molar-refractivity contribution in [1.29, 1.82) is 0 Å². The van der Waals surface area contributed by atoms with Crippen LogP contribution in [0.1, 0.15) is 25.7 Å². The number of aromatic nitrogens is 2. The van der Waals surface area contributed by atoms with Gasteiger partial charge in [-0.15, -0.1) is 10.2 Å². The summed E-state index contributed by atoms with van der Waals surface area (Å²) in [4.78, 5) is 5.10. The average molecular weight is 391 g/mol. The Labute approximate surface area is 170 Å². The molecule has 4 nitrogen and oxygen atoms in total. The van der Waals surface area contributed by atoms with Gasteiger partial charge in [0, 0.05) is 37.8 Å². The summed E-state index contributed by atoms with van der Waals surface area (Å²) >= 11 is 1.71. The summed E-state index contributed by atoms with van der Waals surface area (Å²) in [7, 11) is 0. The first-order valence-electron chi connectivity index (χ1n) is 10.4. The summed E-state index contributed by atoms with van der Waals surface area (Å²) in [5.41, 5.74) is 3.62. The smallest absolute Gasteiger partial charge is 0.208 e. The van der Waals surface area contributed by atoms with Crippen LogP contribution in [0.15, 0.2) is 54.6 Å². The molecule has 0 unspecified atom stereocenters. The fourth-order valence-electron chi connectivity index (χ4n) is 4.44. The summed E-state index contributed by atoms with van der Waals surface area (Å²) in [6.07, 6.45) is 5.60. The Kier molecular flexibility index (Phi) is 5.10. The molecular formula is C23H26N4S. The van der Waals surface area contributed by atoms with Crippen molar-refractivity contribution < 1.29 is 0 Å². The third kappa shape index (κ3) is 3.69. The number of piperazine rings is 1. The van der Waals surface area contributed by atoms with E-state index >= 15 is 0 Å². The molecule has 0 N–H and O–H groups in total. The van der Waals surface area contributed by atoms with Crippen molar-refractivity contribution in [2.45, 2.75) is 31.7 Å². The number of hydrogen-bond donors (Lipinski definition) is 0. The Balaban J connectivity index is 1.25. The van der Waals surface area contributed by atoms with Crippen LogP contribution >= 0.6 is 11.3 Å². The lowest BCUT2D eigenvalue weighted by Crippen LogP contribution is -2.49. The molecule has 28 heavy (non-hydrogen) atoms. The van der Waals surface area contributed by atoms with Gasteiger partial charge < -0.3 is 4.90 Å². The summed E-state index contributed by atoms with van der Waals surface area (Å²) in [6, 6.07) is 20.0. The molecule has 5 rings (SSSR count). The summed E-state index contributed by atoms with van der Waals surface area (Å²) < 4.78 is 0. The van der Waals surface area contributed by atoms with E-state index in [4.69, 9.17) is 0 Å². The Morgan fingerprint density at radius 3 is 2.07 bits per heavy atom. The van der Waals surface area contributed by atoms with Crippen LogP contribution in [0.25, 0.3) is 21.7 Å². The topological polar surface area (TPSA) is 32.3 Å². The summed E-state index contributed by atoms with van der Waals surface area (Å²) in [5.74, 6) is 0. The molecule has 1 saturated carbocycles. The second-order valence-electron chi connectivity index (χ2n) is 7.79. The quantitative estimate of drug-likeness (QED) is 0.632. The lowest BCUT2D eigenvalue weighted by Gasteiger charge is -2.37. The van der Waals surface area contributed by atoms with Gasteiger partial charge in [0.1, 0.15) is 5.01 Å². The van der Waals surface area contributed by atoms with E-state index in [2.05, 4.69) is 68.5 Å². The van der Waals surface area contributed by atoms with E-state index in [0.717, 1.165) is 47.9 Å². The van der Waals surface area contributed by atoms with Crippen molar-refractivity contribution in [2.75, 3.05) is 31.1 Å². The van der Waals surface area contributed by atoms with Gasteiger partial charge in [0.15, 0.2) is 0 Å². The Bertz CT molecular complexity index is 892. The third-order valence-corrected chi connectivity index (χ3v) is 7.11. The molecule has 3 aromatic rings. The highest BCUT2D eigenvalue weighted by Crippen LogP contribution is 2.31. The molecule has 2 heterocycles. The van der Waals surface area contributed by atoms with Crippen LogP contribution < -0.4 is 4.90 Å². The molecule has 1 aliphatic carbocycles. The van der Waals surface area contributed by atoms with E-state index in [1.165, 1.54) is 36.8 Å². The van der Waals surface area contributed by atoms with Gasteiger partial charge in [-0.1, -0.05) is 78.8 Å². The predicted molar refractivity (Wildman–Crippen MR) is 117 cm³/mol. The Morgan fingerprint density at radius 1 is 0.714 bits per heavy atom. The summed E-state index contributed by atoms with van der Waals surface area (Å²) in [6.45, 7) is 4.45. The van der Waals surface area contributed by atoms with E-state index in [1.807, 2.05) is 6.07 Å². The van der Waals surface area contributed by atoms with Crippen molar-refractivity contribution in [2.24, 2.45) is 0 Å². The maximum absolute atomic E-state index is 4.50. The largest absolute Gasteiger partial charge is 0.344 e. The molecule has 0 bridgehead atoms. The second kappa shape index (κ2) is 8.02. The van der Waals surface area contributed by atoms with Crippen molar-refractivity contribution in [3.63, 3.8) is 0 Å². The summed E-state index contributed by atoms with van der Waals surface area (Å²) in [5, 5.41) is 11.0. The fraction of sp³-hybridized carbons (Fsp3) is 0.391. The zero-order chi connectivity index (χ0) is 18.8. The highest BCUT2D eigenvalue weighted by molar-refractivity contribution is 7.18. The number of benzene rings is 2. The molecule has 144 valence electrons. The minimum absolute atomic E-state index is 0.829. The molecule has 2 aliphatic rings. The van der Waals surface area contributed by atoms with Gasteiger partial charge in [0.25, 0.3) is 0 Å². The molecule has 2 aromatic carbocycles. The lowest BCUT2D eigenvalue weighted by atomic mass is 10.0. The molecule has 1 aliphatic heterocycles. The first-order valence-corrected chi connectivity index (χ1v) is 11.2. The lowest BCUT2D eigenvalue weighted by molar-refractivity contribution is 0.187. The maximum atomic E-state index is 4.50. The molecule has 1 aromatic heterocycles. The molecule has 0 amide bonds. The highest BCUT2D eigenvalue weighted by atomic mass is 32.1. The van der Waals surface area contributed by atoms with Gasteiger partial charge in [-0.2, -0.15) is 0 Å². The van der Waals surface area contributed by atoms with Crippen LogP contribution in [0.2, 0.25) is 0 Å². The van der Waals surface area contributed by atoms with Crippen molar-refractivity contribution >= 4 is 16.5 Å². The zero-order valence-electron chi connectivity index (χ0n) is 16.1. The minimum atomic E-state index is 0.829. The van der Waals surface area contributed by atoms with E-state index in [1.54, 1.807) is 11.3 Å². The van der Waals surface area contributed by atoms with Gasteiger partial charge in [0.05, 0.1) is 0 Å². The van der Waals surface area contributed by atoms with Crippen molar-refractivity contribution in [3.8, 4) is 21.7 Å². The fourth-order valence-corrected chi connectivity index (χ4v) is 5.35. The van der Waals surface area contributed by atoms with E-state index < -0.39 is 0 Å². The van der Waals surface area contributed by atoms with Crippen LogP contribution in [-0.4, -0.2) is 47.3 Å². The van der Waals surface area contributed by atoms with Crippen LogP contribution in [0.3, 0.4) is 0 Å². The molecule has 2 fully saturated rings. The van der Waals surface area contributed by atoms with Crippen LogP contribution in [0, 0.1) is 0 Å². The molecular weight excluding hydrogens is 364 g/mol. The van der Waals surface area contributed by atoms with Crippen LogP contribution in [0.5, 0.6) is 0 Å². The van der Waals surface area contributed by atoms with Crippen molar-refractivity contribution in [1.82, 2.24) is 15.1 Å². The number of hydrogen-bond acceptors (Lipinski definition) is 5. The zero-order valence-corrected chi connectivity index (χ0v) is 16.9. The number of rotatable bonds is 4. The standard InChI is InChI=1S/C23H26N4S/c1-2-6-18(7-3-1)19-10-12-20(13-11-19)22-24-25-23(28-22)27-16-14-26(15-17-27)21-8-4-5-9-21/h1-3,6-7,10-13,21H,4-5,8-9,14-17H2. The molecule has 1 saturated heterocycles. The first-order chi connectivity index (χ1) is 13.9. The predicted octanol–water partition coefficient (Wildman–Crippen LogP) is 4.94. The van der Waals surface area contributed by atoms with Gasteiger partial charge in [0.2, 0.25) is 5.13 Å². The molecule has 0 atom stereocenters. The molecule has 5 heteroatoms. The number of nitrogens with zero attached hydrogens (tertiary/aromatic N) is 4. The van der Waals surface area contributed by atoms with E-state index in [-0.39, 0.29) is 0 Å². The van der Waals surface area contributed by atoms with E-state index in [9.17, 15) is 0 Å². The van der Waals surface area contributed by atoms with Gasteiger partial charge in [-0.05, 0) is 24.0 Å². The minimum Gasteiger partial charge on any atom is -0.344 e. The highest BCUT2D eigenvalue weighted by Gasteiger charge is 2.27. The Hall–Kier alpha value is -2.24. The third-order valence-electron chi connectivity index (χ3n) is 6.08. The van der Waals surface area contributed by atoms with Crippen LogP contribution in [0.4, 0.5) is 5.13 Å². The average Bonchev–Trinajstić information content (AvgIpc) is 3.47. The van der Waals surface area contributed by atoms with Crippen LogP contribution in [-0.2, 0) is 0 Å². The molecule has 0 radical (unpaired) electrons. The van der Waals surface area contributed by atoms with E-state index in [0.29, 0.717) is 0 Å². The van der Waals surface area contributed by atoms with Gasteiger partial charge in [-0.25, -0.2) is 0 Å². The van der Waals surface area contributed by atoms with Gasteiger partial charge >= 0.3 is 0 Å². The molecule has 0 spiro atoms. The van der Waals surface area contributed by atoms with Gasteiger partial charge in [-0.3, -0.25) is 4.90 Å². The number of anilines is 1.